The molecule has 4 fully saturated rings. The molecule has 2 aromatic heterocycles. The zero-order chi connectivity index (χ0) is 30.3. The summed E-state index contributed by atoms with van der Waals surface area (Å²) in [5.41, 5.74) is 0.790. The summed E-state index contributed by atoms with van der Waals surface area (Å²) in [6.45, 7) is 0. The van der Waals surface area contributed by atoms with Crippen LogP contribution in [-0.2, 0) is 19.2 Å². The predicted octanol–water partition coefficient (Wildman–Crippen LogP) is 3.33. The Balaban J connectivity index is 1.27. The van der Waals surface area contributed by atoms with E-state index in [9.17, 15) is 19.2 Å². The average Bonchev–Trinajstić information content (AvgIpc) is 3.88. The maximum absolute atomic E-state index is 14.3. The minimum atomic E-state index is -1.02. The van der Waals surface area contributed by atoms with Gasteiger partial charge in [-0.2, -0.15) is 0 Å². The van der Waals surface area contributed by atoms with Crippen LogP contribution < -0.4 is 19.3 Å². The van der Waals surface area contributed by atoms with Crippen molar-refractivity contribution in [2.45, 2.75) is 24.2 Å². The second kappa shape index (κ2) is 9.66. The van der Waals surface area contributed by atoms with Crippen LogP contribution in [0, 0.1) is 11.8 Å². The monoisotopic (exact) mass is 594 g/mol. The molecule has 8 rings (SSSR count). The molecule has 4 aromatic rings. The molecular weight excluding hydrogens is 568 g/mol. The number of ether oxygens (including phenoxy) is 2. The van der Waals surface area contributed by atoms with Gasteiger partial charge in [0, 0.05) is 0 Å². The summed E-state index contributed by atoms with van der Waals surface area (Å²) in [5.74, 6) is -1.67. The third-order valence-electron chi connectivity index (χ3n) is 9.06. The van der Waals surface area contributed by atoms with E-state index >= 15 is 0 Å². The molecule has 6 heterocycles. The molecule has 2 aromatic carbocycles. The molecule has 6 atom stereocenters. The maximum Gasteiger partial charge on any atom is 0.253 e. The summed E-state index contributed by atoms with van der Waals surface area (Å²) < 4.78 is 22.2. The summed E-state index contributed by atoms with van der Waals surface area (Å²) >= 11 is 0. The number of carbonyl (C=O) groups is 4. The molecule has 0 spiro atoms. The molecule has 4 aliphatic rings. The second-order valence-corrected chi connectivity index (χ2v) is 11.0. The molecule has 222 valence electrons. The van der Waals surface area contributed by atoms with E-state index in [0.29, 0.717) is 34.4 Å². The highest BCUT2D eigenvalue weighted by Gasteiger charge is 2.74. The Kier molecular flexibility index (Phi) is 5.80. The normalized spacial score (nSPS) is 28.1. The minimum absolute atomic E-state index is 0.395. The Morgan fingerprint density at radius 3 is 1.23 bits per heavy atom. The second-order valence-electron chi connectivity index (χ2n) is 11.0. The van der Waals surface area contributed by atoms with E-state index in [4.69, 9.17) is 18.3 Å². The van der Waals surface area contributed by atoms with Crippen LogP contribution in [0.4, 0.5) is 11.4 Å². The lowest BCUT2D eigenvalue weighted by Crippen LogP contribution is -2.50. The first-order valence-corrected chi connectivity index (χ1v) is 14.1. The van der Waals surface area contributed by atoms with Gasteiger partial charge in [-0.15, -0.1) is 0 Å². The fourth-order valence-electron chi connectivity index (χ4n) is 7.28. The van der Waals surface area contributed by atoms with Crippen molar-refractivity contribution in [3.05, 3.63) is 96.8 Å². The number of benzene rings is 2. The number of nitrogens with zero attached hydrogens (tertiary/aromatic N) is 4. The number of anilines is 2. The number of hydrogen-bond donors (Lipinski definition) is 0. The van der Waals surface area contributed by atoms with Crippen molar-refractivity contribution in [3.63, 3.8) is 0 Å². The molecule has 12 heteroatoms. The van der Waals surface area contributed by atoms with Crippen molar-refractivity contribution in [2.75, 3.05) is 24.0 Å². The Hall–Kier alpha value is -5.20. The summed E-state index contributed by atoms with van der Waals surface area (Å²) in [6.07, 6.45) is 2.97. The quantitative estimate of drug-likeness (QED) is 0.307. The van der Waals surface area contributed by atoms with Crippen molar-refractivity contribution in [1.29, 1.82) is 0 Å². The molecule has 0 radical (unpaired) electrons. The van der Waals surface area contributed by atoms with Gasteiger partial charge in [0.2, 0.25) is 11.8 Å². The molecule has 4 amide bonds. The predicted molar refractivity (Wildman–Crippen MR) is 152 cm³/mol. The number of hydrogen-bond acceptors (Lipinski definition) is 10. The highest BCUT2D eigenvalue weighted by Crippen LogP contribution is 2.59. The van der Waals surface area contributed by atoms with Crippen molar-refractivity contribution >= 4 is 35.0 Å². The Morgan fingerprint density at radius 2 is 0.909 bits per heavy atom. The first-order valence-electron chi connectivity index (χ1n) is 14.1. The summed E-state index contributed by atoms with van der Waals surface area (Å²) in [7, 11) is 3.07. The molecule has 0 saturated carbocycles. The van der Waals surface area contributed by atoms with Gasteiger partial charge in [0.05, 0.1) is 62.0 Å². The van der Waals surface area contributed by atoms with Crippen molar-refractivity contribution < 1.29 is 37.5 Å². The molecule has 4 aliphatic heterocycles. The minimum Gasteiger partial charge on any atom is -0.497 e. The summed E-state index contributed by atoms with van der Waals surface area (Å²) in [6, 6.07) is 16.4. The topological polar surface area (TPSA) is 126 Å². The number of rotatable bonds is 6. The third kappa shape index (κ3) is 3.46. The Bertz CT molecular complexity index is 1640. The first-order chi connectivity index (χ1) is 21.4. The van der Waals surface area contributed by atoms with Crippen molar-refractivity contribution in [1.82, 2.24) is 10.0 Å². The van der Waals surface area contributed by atoms with Gasteiger partial charge in [-0.05, 0) is 72.8 Å². The van der Waals surface area contributed by atoms with E-state index in [1.165, 1.54) is 36.5 Å². The molecule has 44 heavy (non-hydrogen) atoms. The van der Waals surface area contributed by atoms with Crippen LogP contribution in [0.3, 0.4) is 0 Å². The third-order valence-corrected chi connectivity index (χ3v) is 9.06. The Labute approximate surface area is 250 Å². The number of furan rings is 2. The van der Waals surface area contributed by atoms with Gasteiger partial charge in [-0.25, -0.2) is 19.8 Å². The van der Waals surface area contributed by atoms with E-state index in [1.54, 1.807) is 82.8 Å². The highest BCUT2D eigenvalue weighted by atomic mass is 16.5. The number of methoxy groups -OCH3 is 2. The smallest absolute Gasteiger partial charge is 0.253 e. The van der Waals surface area contributed by atoms with Crippen LogP contribution >= 0.6 is 0 Å². The Morgan fingerprint density at radius 1 is 0.523 bits per heavy atom. The lowest BCUT2D eigenvalue weighted by molar-refractivity contribution is -0.136. The van der Waals surface area contributed by atoms with E-state index in [1.807, 2.05) is 0 Å². The first kappa shape index (κ1) is 26.4. The summed E-state index contributed by atoms with van der Waals surface area (Å²) in [4.78, 5) is 59.4. The van der Waals surface area contributed by atoms with Crippen LogP contribution in [-0.4, -0.2) is 59.9 Å². The standard InChI is InChI=1S/C32H26N4O8/c1-41-19-11-7-17(8-12-19)33-29(37)23-25(21-5-3-15-43-21)36-28-24(26(22-6-4-16-44-22)35(36)27(23)31(33)39)30(38)34(32(28)40)18-9-13-20(42-2)14-10-18/h3-16,23-28H,1-2H3/t23-,24-,25-,26-,27+,28+/m1/s1. The molecular formula is C32H26N4O8. The van der Waals surface area contributed by atoms with Gasteiger partial charge < -0.3 is 18.3 Å². The van der Waals surface area contributed by atoms with Gasteiger partial charge in [0.15, 0.2) is 0 Å². The van der Waals surface area contributed by atoms with Gasteiger partial charge >= 0.3 is 0 Å². The van der Waals surface area contributed by atoms with Crippen LogP contribution in [0.5, 0.6) is 11.5 Å². The van der Waals surface area contributed by atoms with Crippen molar-refractivity contribution in [3.8, 4) is 11.5 Å². The zero-order valence-electron chi connectivity index (χ0n) is 23.6. The number of imide groups is 2. The molecule has 4 saturated heterocycles. The van der Waals surface area contributed by atoms with Crippen LogP contribution in [0.1, 0.15) is 23.6 Å². The number of hydrazine groups is 1. The highest BCUT2D eigenvalue weighted by molar-refractivity contribution is 6.26. The van der Waals surface area contributed by atoms with E-state index in [2.05, 4.69) is 0 Å². The lowest BCUT2D eigenvalue weighted by atomic mass is 9.87. The molecule has 12 nitrogen and oxygen atoms in total. The van der Waals surface area contributed by atoms with Gasteiger partial charge in [0.1, 0.15) is 35.1 Å². The van der Waals surface area contributed by atoms with Crippen LogP contribution in [0.15, 0.2) is 94.2 Å². The fraction of sp³-hybridized carbons (Fsp3) is 0.250. The largest absolute Gasteiger partial charge is 0.497 e. The SMILES string of the molecule is COc1ccc(N2C(=O)[C@H]3[C@@H](C2=O)N2[C@H](c4ccco4)[C@H]4C(=O)N(c5ccc(OC)cc5)C(=O)[C@H]4N2[C@@H]3c2ccco2)cc1. The van der Waals surface area contributed by atoms with Crippen molar-refractivity contribution in [2.24, 2.45) is 11.8 Å². The number of amides is 4. The fourth-order valence-corrected chi connectivity index (χ4v) is 7.28. The lowest BCUT2D eigenvalue weighted by Gasteiger charge is -2.34. The van der Waals surface area contributed by atoms with Crippen LogP contribution in [0.25, 0.3) is 0 Å². The molecule has 0 unspecified atom stereocenters. The summed E-state index contributed by atoms with van der Waals surface area (Å²) in [5, 5.41) is 3.44. The molecule has 0 bridgehead atoms. The maximum atomic E-state index is 14.3. The molecule has 0 N–H and O–H groups in total. The zero-order valence-corrected chi connectivity index (χ0v) is 23.6. The van der Waals surface area contributed by atoms with E-state index in [0.717, 1.165) is 0 Å². The number of fused-ring (bicyclic) bond motifs is 5. The van der Waals surface area contributed by atoms with Gasteiger partial charge in [-0.1, -0.05) is 0 Å². The van der Waals surface area contributed by atoms with Crippen LogP contribution in [0.2, 0.25) is 0 Å². The van der Waals surface area contributed by atoms with Gasteiger partial charge in [0.25, 0.3) is 11.8 Å². The number of carbonyl (C=O) groups excluding carboxylic acids is 4. The van der Waals surface area contributed by atoms with Gasteiger partial charge in [-0.3, -0.25) is 19.2 Å². The average molecular weight is 595 g/mol. The van der Waals surface area contributed by atoms with E-state index in [-0.39, 0.29) is 0 Å². The van der Waals surface area contributed by atoms with E-state index < -0.39 is 59.6 Å². The molecule has 0 aliphatic carbocycles.